The number of ether oxygens (including phenoxy) is 1. The molecule has 0 saturated carbocycles. The Labute approximate surface area is 190 Å². The topological polar surface area (TPSA) is 83.6 Å². The Morgan fingerprint density at radius 2 is 1.90 bits per heavy atom. The van der Waals surface area contributed by atoms with E-state index in [0.717, 1.165) is 11.1 Å². The van der Waals surface area contributed by atoms with Crippen molar-refractivity contribution in [2.24, 2.45) is 0 Å². The van der Waals surface area contributed by atoms with Crippen molar-refractivity contribution in [3.63, 3.8) is 0 Å². The smallest absolute Gasteiger partial charge is 0.341 e. The van der Waals surface area contributed by atoms with Crippen LogP contribution in [0.3, 0.4) is 0 Å². The number of urea groups is 1. The lowest BCUT2D eigenvalue weighted by molar-refractivity contribution is -0.121. The predicted molar refractivity (Wildman–Crippen MR) is 121 cm³/mol. The Kier molecular flexibility index (Phi) is 7.33. The van der Waals surface area contributed by atoms with Crippen LogP contribution in [-0.4, -0.2) is 16.9 Å². The Hall–Kier alpha value is -3.29. The number of carbonyl (C=O) groups excluding carboxylic acids is 2. The van der Waals surface area contributed by atoms with Crippen LogP contribution in [0.5, 0.6) is 11.5 Å². The van der Waals surface area contributed by atoms with Gasteiger partial charge in [0.2, 0.25) is 5.91 Å². The summed E-state index contributed by atoms with van der Waals surface area (Å²) in [4.78, 5) is 30.6. The van der Waals surface area contributed by atoms with E-state index in [-0.39, 0.29) is 31.3 Å². The molecule has 0 fully saturated rings. The number of carbonyl (C=O) groups is 2. The minimum atomic E-state index is -0.492. The fourth-order valence-corrected chi connectivity index (χ4v) is 3.30. The van der Waals surface area contributed by atoms with E-state index in [2.05, 4.69) is 15.8 Å². The van der Waals surface area contributed by atoms with E-state index in [9.17, 15) is 9.59 Å². The van der Waals surface area contributed by atoms with Crippen molar-refractivity contribution < 1.29 is 14.3 Å². The number of benzene rings is 2. The van der Waals surface area contributed by atoms with Crippen LogP contribution in [0.4, 0.5) is 10.5 Å². The quantitative estimate of drug-likeness (QED) is 0.559. The number of nitrogens with one attached hydrogen (secondary N) is 2. The molecule has 4 rings (SSSR count). The zero-order valence-electron chi connectivity index (χ0n) is 16.4. The highest BCUT2D eigenvalue weighted by molar-refractivity contribution is 6.31. The molecule has 0 radical (unpaired) electrons. The average molecular weight is 459 g/mol. The van der Waals surface area contributed by atoms with Crippen molar-refractivity contribution in [2.75, 3.05) is 4.90 Å². The van der Waals surface area contributed by atoms with Crippen LogP contribution in [0, 0.1) is 0 Å². The van der Waals surface area contributed by atoms with E-state index in [1.807, 2.05) is 36.4 Å². The Morgan fingerprint density at radius 3 is 2.71 bits per heavy atom. The number of rotatable bonds is 3. The predicted octanol–water partition coefficient (Wildman–Crippen LogP) is 4.64. The molecule has 2 N–H and O–H groups in total. The van der Waals surface area contributed by atoms with Gasteiger partial charge < -0.3 is 4.74 Å². The third-order valence-corrected chi connectivity index (χ3v) is 4.89. The number of fused-ring (bicyclic) bond motifs is 2. The molecule has 0 aliphatic carbocycles. The summed E-state index contributed by atoms with van der Waals surface area (Å²) in [5, 5.41) is 0.474. The average Bonchev–Trinajstić information content (AvgIpc) is 2.93. The molecule has 0 bridgehead atoms. The minimum Gasteiger partial charge on any atom is -0.455 e. The van der Waals surface area contributed by atoms with E-state index in [4.69, 9.17) is 16.3 Å². The number of nitrogens with zero attached hydrogens (tertiary/aromatic N) is 2. The van der Waals surface area contributed by atoms with E-state index in [0.29, 0.717) is 28.6 Å². The first-order valence-electron chi connectivity index (χ1n) is 9.41. The van der Waals surface area contributed by atoms with Crippen LogP contribution in [0.15, 0.2) is 67.0 Å². The molecule has 7 nitrogen and oxygen atoms in total. The highest BCUT2D eigenvalue weighted by Gasteiger charge is 2.26. The molecule has 0 atom stereocenters. The number of hydrogen-bond donors (Lipinski definition) is 2. The second-order valence-corrected chi connectivity index (χ2v) is 7.18. The summed E-state index contributed by atoms with van der Waals surface area (Å²) in [5.74, 6) is 0.865. The van der Waals surface area contributed by atoms with Gasteiger partial charge in [-0.3, -0.25) is 20.1 Å². The van der Waals surface area contributed by atoms with Crippen LogP contribution < -0.4 is 20.5 Å². The number of anilines is 1. The fraction of sp³-hybridized carbons (Fsp3) is 0.136. The highest BCUT2D eigenvalue weighted by Crippen LogP contribution is 2.40. The van der Waals surface area contributed by atoms with Crippen molar-refractivity contribution in [3.8, 4) is 11.5 Å². The molecule has 9 heteroatoms. The second kappa shape index (κ2) is 10.1. The van der Waals surface area contributed by atoms with Gasteiger partial charge in [-0.15, -0.1) is 12.4 Å². The lowest BCUT2D eigenvalue weighted by Gasteiger charge is -2.22. The molecule has 3 aromatic rings. The third-order valence-electron chi connectivity index (χ3n) is 4.65. The monoisotopic (exact) mass is 458 g/mol. The number of pyridine rings is 1. The molecule has 0 saturated heterocycles. The van der Waals surface area contributed by atoms with Crippen LogP contribution in [0.25, 0.3) is 0 Å². The Balaban J connectivity index is 0.00000272. The molecule has 1 aliphatic heterocycles. The van der Waals surface area contributed by atoms with Crippen molar-refractivity contribution in [3.05, 3.63) is 83.1 Å². The van der Waals surface area contributed by atoms with Gasteiger partial charge in [0, 0.05) is 29.4 Å². The van der Waals surface area contributed by atoms with Gasteiger partial charge >= 0.3 is 6.03 Å². The Morgan fingerprint density at radius 1 is 1.06 bits per heavy atom. The number of hydrogen-bond acceptors (Lipinski definition) is 4. The van der Waals surface area contributed by atoms with Crippen molar-refractivity contribution in [2.45, 2.75) is 19.4 Å². The van der Waals surface area contributed by atoms with Crippen LogP contribution in [0.1, 0.15) is 17.5 Å². The summed E-state index contributed by atoms with van der Waals surface area (Å²) >= 11 is 6.15. The zero-order valence-corrected chi connectivity index (χ0v) is 17.9. The van der Waals surface area contributed by atoms with E-state index >= 15 is 0 Å². The van der Waals surface area contributed by atoms with E-state index < -0.39 is 6.03 Å². The molecule has 0 spiro atoms. The van der Waals surface area contributed by atoms with Gasteiger partial charge in [-0.1, -0.05) is 35.9 Å². The normalized spacial score (nSPS) is 11.7. The first kappa shape index (κ1) is 22.4. The van der Waals surface area contributed by atoms with Gasteiger partial charge in [-0.2, -0.15) is 0 Å². The highest BCUT2D eigenvalue weighted by atomic mass is 35.5. The van der Waals surface area contributed by atoms with Crippen LogP contribution in [0.2, 0.25) is 5.02 Å². The van der Waals surface area contributed by atoms with E-state index in [1.165, 1.54) is 4.90 Å². The third kappa shape index (κ3) is 5.45. The number of aryl methyl sites for hydroxylation is 1. The van der Waals surface area contributed by atoms with Crippen molar-refractivity contribution >= 4 is 41.6 Å². The molecule has 160 valence electrons. The number of para-hydroxylation sites is 1. The SMILES string of the molecule is Cl.O=C(CCc1cccnc1)NNC(=O)N1Cc2ccccc2Oc2ccc(Cl)cc21. The first-order chi connectivity index (χ1) is 14.6. The molecule has 1 aliphatic rings. The number of amides is 3. The fourth-order valence-electron chi connectivity index (χ4n) is 3.13. The molecule has 1 aromatic heterocycles. The van der Waals surface area contributed by atoms with Crippen molar-refractivity contribution in [1.82, 2.24) is 15.8 Å². The maximum absolute atomic E-state index is 12.9. The standard InChI is InChI=1S/C22H19ClN4O3.ClH/c23-17-8-9-20-18(12-17)27(14-16-5-1-2-6-19(16)30-20)22(29)26-25-21(28)10-7-15-4-3-11-24-13-15;/h1-6,8-9,11-13H,7,10,14H2,(H,25,28)(H,26,29);1H. The van der Waals surface area contributed by atoms with Gasteiger partial charge in [-0.05, 0) is 42.3 Å². The largest absolute Gasteiger partial charge is 0.455 e. The van der Waals surface area contributed by atoms with Gasteiger partial charge in [0.25, 0.3) is 0 Å². The lowest BCUT2D eigenvalue weighted by Crippen LogP contribution is -2.48. The molecule has 0 unspecified atom stereocenters. The van der Waals surface area contributed by atoms with Gasteiger partial charge in [-0.25, -0.2) is 10.2 Å². The minimum absolute atomic E-state index is 0. The summed E-state index contributed by atoms with van der Waals surface area (Å²) in [7, 11) is 0. The molecular weight excluding hydrogens is 439 g/mol. The summed E-state index contributed by atoms with van der Waals surface area (Å²) in [6.07, 6.45) is 4.14. The summed E-state index contributed by atoms with van der Waals surface area (Å²) in [5.41, 5.74) is 7.24. The summed E-state index contributed by atoms with van der Waals surface area (Å²) < 4.78 is 5.98. The van der Waals surface area contributed by atoms with Crippen LogP contribution in [-0.2, 0) is 17.8 Å². The van der Waals surface area contributed by atoms with Crippen LogP contribution >= 0.6 is 24.0 Å². The maximum atomic E-state index is 12.9. The van der Waals surface area contributed by atoms with Crippen molar-refractivity contribution in [1.29, 1.82) is 0 Å². The Bertz CT molecular complexity index is 1080. The number of hydrazine groups is 1. The molecule has 3 amide bonds. The van der Waals surface area contributed by atoms with E-state index in [1.54, 1.807) is 30.6 Å². The maximum Gasteiger partial charge on any atom is 0.341 e. The van der Waals surface area contributed by atoms with Gasteiger partial charge in [0.15, 0.2) is 5.75 Å². The summed E-state index contributed by atoms with van der Waals surface area (Å²) in [6.45, 7) is 0.265. The zero-order chi connectivity index (χ0) is 20.9. The number of halogens is 2. The summed E-state index contributed by atoms with van der Waals surface area (Å²) in [6, 6.07) is 15.8. The molecule has 2 aromatic carbocycles. The number of aromatic nitrogens is 1. The van der Waals surface area contributed by atoms with Gasteiger partial charge in [0.1, 0.15) is 5.75 Å². The van der Waals surface area contributed by atoms with Gasteiger partial charge in [0.05, 0.1) is 12.2 Å². The lowest BCUT2D eigenvalue weighted by atomic mass is 10.1. The molecule has 2 heterocycles. The molecule has 31 heavy (non-hydrogen) atoms. The second-order valence-electron chi connectivity index (χ2n) is 6.75. The molecular formula is C22H20Cl2N4O3. The first-order valence-corrected chi connectivity index (χ1v) is 9.78.